The molecule has 0 saturated carbocycles. The molecule has 0 atom stereocenters. The first-order chi connectivity index (χ1) is 8.77. The normalized spacial score (nSPS) is 16.2. The van der Waals surface area contributed by atoms with Crippen molar-refractivity contribution < 1.29 is 4.79 Å². The zero-order chi connectivity index (χ0) is 12.5. The van der Waals surface area contributed by atoms with E-state index in [9.17, 15) is 4.79 Å². The van der Waals surface area contributed by atoms with Crippen LogP contribution in [0.5, 0.6) is 0 Å². The SMILES string of the molecule is Cn1c(C(=O)N2CCCCC2)cc2ccccc21. The number of hydrogen-bond acceptors (Lipinski definition) is 1. The lowest BCUT2D eigenvalue weighted by Gasteiger charge is -2.26. The van der Waals surface area contributed by atoms with Crippen LogP contribution in [0.1, 0.15) is 29.8 Å². The van der Waals surface area contributed by atoms with E-state index in [1.807, 2.05) is 34.7 Å². The van der Waals surface area contributed by atoms with Crippen LogP contribution in [0.2, 0.25) is 0 Å². The molecule has 18 heavy (non-hydrogen) atoms. The van der Waals surface area contributed by atoms with E-state index in [0.29, 0.717) is 0 Å². The van der Waals surface area contributed by atoms with Gasteiger partial charge in [-0.15, -0.1) is 0 Å². The monoisotopic (exact) mass is 242 g/mol. The Morgan fingerprint density at radius 1 is 1.11 bits per heavy atom. The van der Waals surface area contributed by atoms with Gasteiger partial charge >= 0.3 is 0 Å². The highest BCUT2D eigenvalue weighted by Gasteiger charge is 2.21. The first-order valence-electron chi connectivity index (χ1n) is 6.61. The summed E-state index contributed by atoms with van der Waals surface area (Å²) in [6.45, 7) is 1.81. The van der Waals surface area contributed by atoms with Crippen LogP contribution >= 0.6 is 0 Å². The minimum atomic E-state index is 0.174. The fraction of sp³-hybridized carbons (Fsp3) is 0.400. The van der Waals surface area contributed by atoms with Crippen LogP contribution in [0, 0.1) is 0 Å². The minimum absolute atomic E-state index is 0.174. The topological polar surface area (TPSA) is 25.2 Å². The summed E-state index contributed by atoms with van der Waals surface area (Å²) in [6.07, 6.45) is 3.52. The van der Waals surface area contributed by atoms with E-state index >= 15 is 0 Å². The van der Waals surface area contributed by atoms with Crippen LogP contribution < -0.4 is 0 Å². The summed E-state index contributed by atoms with van der Waals surface area (Å²) in [5.74, 6) is 0.174. The van der Waals surface area contributed by atoms with Crippen molar-refractivity contribution in [3.8, 4) is 0 Å². The van der Waals surface area contributed by atoms with E-state index in [0.717, 1.165) is 42.5 Å². The Labute approximate surface area is 107 Å². The van der Waals surface area contributed by atoms with Crippen LogP contribution in [-0.4, -0.2) is 28.5 Å². The molecule has 1 aliphatic heterocycles. The number of rotatable bonds is 1. The first-order valence-corrected chi connectivity index (χ1v) is 6.61. The third-order valence-corrected chi connectivity index (χ3v) is 3.81. The zero-order valence-corrected chi connectivity index (χ0v) is 10.7. The maximum atomic E-state index is 12.5. The van der Waals surface area contributed by atoms with Gasteiger partial charge in [-0.2, -0.15) is 0 Å². The van der Waals surface area contributed by atoms with Gasteiger partial charge in [0.25, 0.3) is 5.91 Å². The number of amides is 1. The Hall–Kier alpha value is -1.77. The highest BCUT2D eigenvalue weighted by molar-refractivity contribution is 5.98. The van der Waals surface area contributed by atoms with Crippen LogP contribution in [-0.2, 0) is 7.05 Å². The van der Waals surface area contributed by atoms with Gasteiger partial charge in [0.15, 0.2) is 0 Å². The average molecular weight is 242 g/mol. The van der Waals surface area contributed by atoms with E-state index in [1.165, 1.54) is 6.42 Å². The van der Waals surface area contributed by atoms with Gasteiger partial charge in [0.2, 0.25) is 0 Å². The van der Waals surface area contributed by atoms with Gasteiger partial charge in [0, 0.05) is 31.0 Å². The van der Waals surface area contributed by atoms with Crippen molar-refractivity contribution in [1.82, 2.24) is 9.47 Å². The number of likely N-dealkylation sites (tertiary alicyclic amines) is 1. The molecule has 1 amide bonds. The van der Waals surface area contributed by atoms with E-state index in [-0.39, 0.29) is 5.91 Å². The van der Waals surface area contributed by atoms with Gasteiger partial charge in [-0.25, -0.2) is 0 Å². The van der Waals surface area contributed by atoms with Crippen LogP contribution in [0.3, 0.4) is 0 Å². The summed E-state index contributed by atoms with van der Waals surface area (Å²) in [5.41, 5.74) is 1.93. The second kappa shape index (κ2) is 4.48. The van der Waals surface area contributed by atoms with Gasteiger partial charge in [-0.05, 0) is 31.4 Å². The Kier molecular flexibility index (Phi) is 2.82. The summed E-state index contributed by atoms with van der Waals surface area (Å²) >= 11 is 0. The highest BCUT2D eigenvalue weighted by atomic mass is 16.2. The summed E-state index contributed by atoms with van der Waals surface area (Å²) in [4.78, 5) is 14.5. The third-order valence-electron chi connectivity index (χ3n) is 3.81. The Balaban J connectivity index is 1.98. The van der Waals surface area contributed by atoms with Crippen molar-refractivity contribution in [1.29, 1.82) is 0 Å². The van der Waals surface area contributed by atoms with Crippen LogP contribution in [0.4, 0.5) is 0 Å². The van der Waals surface area contributed by atoms with Crippen LogP contribution in [0.15, 0.2) is 30.3 Å². The molecule has 1 aromatic heterocycles. The first kappa shape index (κ1) is 11.3. The average Bonchev–Trinajstić information content (AvgIpc) is 2.77. The molecule has 3 nitrogen and oxygen atoms in total. The van der Waals surface area contributed by atoms with Gasteiger partial charge in [0.05, 0.1) is 0 Å². The fourth-order valence-corrected chi connectivity index (χ4v) is 2.75. The number of piperidine rings is 1. The molecule has 0 aliphatic carbocycles. The number of carbonyl (C=O) groups excluding carboxylic acids is 1. The second-order valence-electron chi connectivity index (χ2n) is 5.00. The molecule has 94 valence electrons. The molecule has 1 aromatic carbocycles. The molecule has 1 fully saturated rings. The third kappa shape index (κ3) is 1.80. The van der Waals surface area contributed by atoms with Crippen molar-refractivity contribution in [2.45, 2.75) is 19.3 Å². The fourth-order valence-electron chi connectivity index (χ4n) is 2.75. The highest BCUT2D eigenvalue weighted by Crippen LogP contribution is 2.21. The molecular formula is C15H18N2O. The predicted octanol–water partition coefficient (Wildman–Crippen LogP) is 2.80. The van der Waals surface area contributed by atoms with E-state index < -0.39 is 0 Å². The Morgan fingerprint density at radius 3 is 2.56 bits per heavy atom. The Bertz CT molecular complexity index is 579. The number of fused-ring (bicyclic) bond motifs is 1. The number of hydrogen-bond donors (Lipinski definition) is 0. The van der Waals surface area contributed by atoms with Crippen molar-refractivity contribution >= 4 is 16.8 Å². The van der Waals surface area contributed by atoms with Gasteiger partial charge in [-0.3, -0.25) is 4.79 Å². The largest absolute Gasteiger partial charge is 0.340 e. The molecule has 0 radical (unpaired) electrons. The number of benzene rings is 1. The maximum Gasteiger partial charge on any atom is 0.270 e. The minimum Gasteiger partial charge on any atom is -0.340 e. The number of para-hydroxylation sites is 1. The zero-order valence-electron chi connectivity index (χ0n) is 10.7. The molecular weight excluding hydrogens is 224 g/mol. The number of aryl methyl sites for hydroxylation is 1. The molecule has 3 heteroatoms. The van der Waals surface area contributed by atoms with Gasteiger partial charge in [-0.1, -0.05) is 18.2 Å². The summed E-state index contributed by atoms with van der Waals surface area (Å²) in [6, 6.07) is 10.1. The summed E-state index contributed by atoms with van der Waals surface area (Å²) in [5, 5.41) is 1.14. The van der Waals surface area contributed by atoms with Gasteiger partial charge < -0.3 is 9.47 Å². The van der Waals surface area contributed by atoms with E-state index in [4.69, 9.17) is 0 Å². The lowest BCUT2D eigenvalue weighted by Crippen LogP contribution is -2.36. The molecule has 0 N–H and O–H groups in total. The summed E-state index contributed by atoms with van der Waals surface area (Å²) in [7, 11) is 1.97. The quantitative estimate of drug-likeness (QED) is 0.755. The predicted molar refractivity (Wildman–Crippen MR) is 72.7 cm³/mol. The molecule has 1 aliphatic rings. The Morgan fingerprint density at radius 2 is 1.83 bits per heavy atom. The molecule has 0 spiro atoms. The standard InChI is InChI=1S/C15H18N2O/c1-16-13-8-4-3-7-12(13)11-14(16)15(18)17-9-5-2-6-10-17/h3-4,7-8,11H,2,5-6,9-10H2,1H3. The molecule has 0 bridgehead atoms. The lowest BCUT2D eigenvalue weighted by atomic mass is 10.1. The van der Waals surface area contributed by atoms with Crippen molar-refractivity contribution in [2.24, 2.45) is 7.05 Å². The van der Waals surface area contributed by atoms with E-state index in [1.54, 1.807) is 0 Å². The number of carbonyl (C=O) groups is 1. The number of nitrogens with zero attached hydrogens (tertiary/aromatic N) is 2. The molecule has 2 aromatic rings. The van der Waals surface area contributed by atoms with Crippen LogP contribution in [0.25, 0.3) is 10.9 Å². The molecule has 0 unspecified atom stereocenters. The molecule has 1 saturated heterocycles. The summed E-state index contributed by atoms with van der Waals surface area (Å²) < 4.78 is 2.01. The maximum absolute atomic E-state index is 12.5. The molecule has 3 rings (SSSR count). The van der Waals surface area contributed by atoms with Gasteiger partial charge in [0.1, 0.15) is 5.69 Å². The van der Waals surface area contributed by atoms with E-state index in [2.05, 4.69) is 12.1 Å². The van der Waals surface area contributed by atoms with Crippen molar-refractivity contribution in [3.05, 3.63) is 36.0 Å². The smallest absolute Gasteiger partial charge is 0.270 e. The number of aromatic nitrogens is 1. The van der Waals surface area contributed by atoms with Crippen molar-refractivity contribution in [3.63, 3.8) is 0 Å². The van der Waals surface area contributed by atoms with Crippen molar-refractivity contribution in [2.75, 3.05) is 13.1 Å². The second-order valence-corrected chi connectivity index (χ2v) is 5.00. The molecule has 2 heterocycles. The lowest BCUT2D eigenvalue weighted by molar-refractivity contribution is 0.0715.